The standard InChI is InChI=1S/C15H16N2O/c1-9-7-10(2)14-12(8-9)17(4)11(3)15(14)13(18)5-6-16/h7-8H,5H2,1-4H3. The number of rotatable bonds is 2. The summed E-state index contributed by atoms with van der Waals surface area (Å²) in [7, 11) is 1.96. The van der Waals surface area contributed by atoms with Gasteiger partial charge >= 0.3 is 0 Å². The molecule has 18 heavy (non-hydrogen) atoms. The molecule has 0 bridgehead atoms. The number of nitrogens with zero attached hydrogens (tertiary/aromatic N) is 2. The summed E-state index contributed by atoms with van der Waals surface area (Å²) in [5.41, 5.74) is 4.96. The highest BCUT2D eigenvalue weighted by molar-refractivity contribution is 6.11. The number of Topliss-reactive ketones (excluding diaryl/α,β-unsaturated/α-hetero) is 1. The van der Waals surface area contributed by atoms with Crippen LogP contribution in [0.1, 0.15) is 33.6 Å². The summed E-state index contributed by atoms with van der Waals surface area (Å²) in [6.07, 6.45) is -0.0622. The van der Waals surface area contributed by atoms with Crippen molar-refractivity contribution in [2.45, 2.75) is 27.2 Å². The fraction of sp³-hybridized carbons (Fsp3) is 0.333. The molecule has 0 unspecified atom stereocenters. The van der Waals surface area contributed by atoms with Gasteiger partial charge in [0, 0.05) is 29.2 Å². The van der Waals surface area contributed by atoms with Crippen LogP contribution in [-0.4, -0.2) is 10.4 Å². The van der Waals surface area contributed by atoms with Crippen LogP contribution < -0.4 is 0 Å². The molecule has 0 radical (unpaired) electrons. The molecule has 0 amide bonds. The van der Waals surface area contributed by atoms with Crippen LogP contribution in [0.4, 0.5) is 0 Å². The van der Waals surface area contributed by atoms with Crippen LogP contribution >= 0.6 is 0 Å². The van der Waals surface area contributed by atoms with Crippen molar-refractivity contribution in [3.8, 4) is 6.07 Å². The van der Waals surface area contributed by atoms with E-state index in [4.69, 9.17) is 5.26 Å². The van der Waals surface area contributed by atoms with E-state index in [0.717, 1.165) is 22.2 Å². The van der Waals surface area contributed by atoms with Gasteiger partial charge in [-0.1, -0.05) is 6.07 Å². The Morgan fingerprint density at radius 2 is 2.00 bits per heavy atom. The van der Waals surface area contributed by atoms with Crippen LogP contribution in [0, 0.1) is 32.1 Å². The van der Waals surface area contributed by atoms with Crippen molar-refractivity contribution in [2.24, 2.45) is 7.05 Å². The lowest BCUT2D eigenvalue weighted by Gasteiger charge is -2.02. The van der Waals surface area contributed by atoms with E-state index >= 15 is 0 Å². The number of aryl methyl sites for hydroxylation is 3. The molecule has 0 saturated heterocycles. The summed E-state index contributed by atoms with van der Waals surface area (Å²) in [5, 5.41) is 9.69. The Kier molecular flexibility index (Phi) is 2.96. The molecule has 2 rings (SSSR count). The lowest BCUT2D eigenvalue weighted by atomic mass is 10.00. The molecular formula is C15H16N2O. The number of carbonyl (C=O) groups excluding carboxylic acids is 1. The van der Waals surface area contributed by atoms with Gasteiger partial charge < -0.3 is 4.57 Å². The molecule has 0 aliphatic rings. The molecule has 92 valence electrons. The van der Waals surface area contributed by atoms with E-state index in [1.807, 2.05) is 38.5 Å². The minimum atomic E-state index is -0.0902. The van der Waals surface area contributed by atoms with Crippen molar-refractivity contribution in [3.63, 3.8) is 0 Å². The Morgan fingerprint density at radius 3 is 2.61 bits per heavy atom. The number of hydrogen-bond donors (Lipinski definition) is 0. The van der Waals surface area contributed by atoms with E-state index in [-0.39, 0.29) is 12.2 Å². The van der Waals surface area contributed by atoms with Crippen molar-refractivity contribution in [3.05, 3.63) is 34.5 Å². The predicted molar refractivity (Wildman–Crippen MR) is 71.7 cm³/mol. The largest absolute Gasteiger partial charge is 0.347 e. The monoisotopic (exact) mass is 240 g/mol. The second-order valence-electron chi connectivity index (χ2n) is 4.75. The number of fused-ring (bicyclic) bond motifs is 1. The Bertz CT molecular complexity index is 687. The Hall–Kier alpha value is -2.08. The fourth-order valence-electron chi connectivity index (χ4n) is 2.57. The smallest absolute Gasteiger partial charge is 0.179 e. The highest BCUT2D eigenvalue weighted by Gasteiger charge is 2.19. The molecule has 1 aromatic heterocycles. The average molecular weight is 240 g/mol. The van der Waals surface area contributed by atoms with Gasteiger partial charge in [-0.15, -0.1) is 0 Å². The maximum absolute atomic E-state index is 12.1. The quantitative estimate of drug-likeness (QED) is 0.757. The third-order valence-electron chi connectivity index (χ3n) is 3.45. The van der Waals surface area contributed by atoms with Gasteiger partial charge in [-0.3, -0.25) is 4.79 Å². The van der Waals surface area contributed by atoms with E-state index in [1.165, 1.54) is 5.56 Å². The van der Waals surface area contributed by atoms with Gasteiger partial charge in [0.05, 0.1) is 12.5 Å². The Morgan fingerprint density at radius 1 is 1.33 bits per heavy atom. The molecule has 0 atom stereocenters. The second-order valence-corrected chi connectivity index (χ2v) is 4.75. The van der Waals surface area contributed by atoms with Gasteiger partial charge in [0.1, 0.15) is 0 Å². The number of benzene rings is 1. The third kappa shape index (κ3) is 1.70. The minimum absolute atomic E-state index is 0.0622. The van der Waals surface area contributed by atoms with Gasteiger partial charge in [0.2, 0.25) is 0 Å². The van der Waals surface area contributed by atoms with Crippen LogP contribution in [0.15, 0.2) is 12.1 Å². The van der Waals surface area contributed by atoms with Crippen LogP contribution in [0.2, 0.25) is 0 Å². The van der Waals surface area contributed by atoms with Crippen molar-refractivity contribution in [2.75, 3.05) is 0 Å². The summed E-state index contributed by atoms with van der Waals surface area (Å²) >= 11 is 0. The average Bonchev–Trinajstić information content (AvgIpc) is 2.54. The van der Waals surface area contributed by atoms with Crippen LogP contribution in [-0.2, 0) is 7.05 Å². The van der Waals surface area contributed by atoms with Crippen molar-refractivity contribution in [1.29, 1.82) is 5.26 Å². The lowest BCUT2D eigenvalue weighted by molar-refractivity contribution is 0.0998. The first-order chi connectivity index (χ1) is 8.47. The van der Waals surface area contributed by atoms with E-state index in [1.54, 1.807) is 0 Å². The zero-order valence-electron chi connectivity index (χ0n) is 11.2. The summed E-state index contributed by atoms with van der Waals surface area (Å²) in [4.78, 5) is 12.1. The summed E-state index contributed by atoms with van der Waals surface area (Å²) < 4.78 is 2.03. The molecule has 0 fully saturated rings. The fourth-order valence-corrected chi connectivity index (χ4v) is 2.57. The van der Waals surface area contributed by atoms with E-state index in [9.17, 15) is 4.79 Å². The summed E-state index contributed by atoms with van der Waals surface area (Å²) in [6, 6.07) is 6.10. The third-order valence-corrected chi connectivity index (χ3v) is 3.45. The lowest BCUT2D eigenvalue weighted by Crippen LogP contribution is -2.01. The van der Waals surface area contributed by atoms with Crippen LogP contribution in [0.3, 0.4) is 0 Å². The highest BCUT2D eigenvalue weighted by atomic mass is 16.1. The van der Waals surface area contributed by atoms with Gasteiger partial charge in [0.15, 0.2) is 5.78 Å². The maximum atomic E-state index is 12.1. The van der Waals surface area contributed by atoms with Crippen molar-refractivity contribution >= 4 is 16.7 Å². The zero-order valence-corrected chi connectivity index (χ0v) is 11.2. The first-order valence-corrected chi connectivity index (χ1v) is 5.93. The number of nitriles is 1. The van der Waals surface area contributed by atoms with Gasteiger partial charge in [-0.05, 0) is 38.0 Å². The molecule has 0 saturated carbocycles. The van der Waals surface area contributed by atoms with Gasteiger partial charge in [0.25, 0.3) is 0 Å². The number of hydrogen-bond acceptors (Lipinski definition) is 2. The van der Waals surface area contributed by atoms with Gasteiger partial charge in [-0.25, -0.2) is 0 Å². The Balaban J connectivity index is 2.86. The van der Waals surface area contributed by atoms with Crippen molar-refractivity contribution in [1.82, 2.24) is 4.57 Å². The molecule has 0 aliphatic heterocycles. The molecule has 1 aromatic carbocycles. The molecule has 3 nitrogen and oxygen atoms in total. The second kappa shape index (κ2) is 4.30. The SMILES string of the molecule is Cc1cc(C)c2c(C(=O)CC#N)c(C)n(C)c2c1. The number of aromatic nitrogens is 1. The number of carbonyl (C=O) groups is 1. The molecule has 1 heterocycles. The minimum Gasteiger partial charge on any atom is -0.347 e. The van der Waals surface area contributed by atoms with E-state index < -0.39 is 0 Å². The molecule has 2 aromatic rings. The molecule has 3 heteroatoms. The Labute approximate surface area is 107 Å². The molecule has 0 spiro atoms. The highest BCUT2D eigenvalue weighted by Crippen LogP contribution is 2.29. The number of ketones is 1. The molecule has 0 N–H and O–H groups in total. The maximum Gasteiger partial charge on any atom is 0.179 e. The molecular weight excluding hydrogens is 224 g/mol. The zero-order chi connectivity index (χ0) is 13.4. The molecule has 0 aliphatic carbocycles. The summed E-state index contributed by atoms with van der Waals surface area (Å²) in [5.74, 6) is -0.0902. The predicted octanol–water partition coefficient (Wildman–Crippen LogP) is 3.20. The van der Waals surface area contributed by atoms with E-state index in [2.05, 4.69) is 12.1 Å². The van der Waals surface area contributed by atoms with Gasteiger partial charge in [-0.2, -0.15) is 5.26 Å². The summed E-state index contributed by atoms with van der Waals surface area (Å²) in [6.45, 7) is 5.99. The van der Waals surface area contributed by atoms with Crippen LogP contribution in [0.5, 0.6) is 0 Å². The first kappa shape index (κ1) is 12.4. The van der Waals surface area contributed by atoms with E-state index in [0.29, 0.717) is 5.56 Å². The van der Waals surface area contributed by atoms with Crippen molar-refractivity contribution < 1.29 is 4.79 Å². The normalized spacial score (nSPS) is 10.6. The topological polar surface area (TPSA) is 45.8 Å². The first-order valence-electron chi connectivity index (χ1n) is 5.93. The van der Waals surface area contributed by atoms with Crippen LogP contribution in [0.25, 0.3) is 10.9 Å².